The molecule has 3 aromatic rings. The van der Waals surface area contributed by atoms with Crippen molar-refractivity contribution >= 4 is 5.91 Å². The second kappa shape index (κ2) is 12.5. The van der Waals surface area contributed by atoms with Gasteiger partial charge in [0.1, 0.15) is 11.4 Å². The van der Waals surface area contributed by atoms with Gasteiger partial charge in [0, 0.05) is 12.7 Å². The maximum Gasteiger partial charge on any atom is 0.257 e. The van der Waals surface area contributed by atoms with Crippen LogP contribution in [-0.2, 0) is 10.4 Å². The molecule has 184 valence electrons. The van der Waals surface area contributed by atoms with E-state index in [-0.39, 0.29) is 18.4 Å². The Hall–Kier alpha value is -3.22. The van der Waals surface area contributed by atoms with Crippen molar-refractivity contribution in [3.05, 3.63) is 96.3 Å². The standard InChI is InChI=1S/C29H35N3O3/c33-28(23-35-27-14-9-17-30-22-27)31-18-7-8-19-32-20-15-26(16-21-32)29(34,24-10-3-1-4-11-24)25-12-5-2-6-13-25/h1-6,9-14,17,22,26,34H,7-8,15-16,18-21,23H2,(H,31,33). The molecule has 0 spiro atoms. The number of nitrogens with zero attached hydrogens (tertiary/aromatic N) is 2. The van der Waals surface area contributed by atoms with Gasteiger partial charge in [0.15, 0.2) is 6.61 Å². The topological polar surface area (TPSA) is 74.7 Å². The van der Waals surface area contributed by atoms with Gasteiger partial charge in [-0.05, 0) is 74.5 Å². The minimum Gasteiger partial charge on any atom is -0.482 e. The fourth-order valence-corrected chi connectivity index (χ4v) is 4.92. The van der Waals surface area contributed by atoms with Crippen LogP contribution in [0.5, 0.6) is 5.75 Å². The average molecular weight is 474 g/mol. The number of carbonyl (C=O) groups is 1. The summed E-state index contributed by atoms with van der Waals surface area (Å²) in [5.74, 6) is 0.649. The number of unbranched alkanes of at least 4 members (excludes halogenated alkanes) is 1. The molecule has 1 aliphatic heterocycles. The van der Waals surface area contributed by atoms with Crippen LogP contribution in [-0.4, -0.2) is 53.7 Å². The Kier molecular flexibility index (Phi) is 8.87. The van der Waals surface area contributed by atoms with Gasteiger partial charge in [0.25, 0.3) is 5.91 Å². The van der Waals surface area contributed by atoms with Crippen molar-refractivity contribution in [2.45, 2.75) is 31.3 Å². The Morgan fingerprint density at radius 1 is 0.971 bits per heavy atom. The van der Waals surface area contributed by atoms with Crippen LogP contribution in [0.25, 0.3) is 0 Å². The minimum atomic E-state index is -0.975. The minimum absolute atomic E-state index is 0.00491. The Morgan fingerprint density at radius 2 is 1.63 bits per heavy atom. The Labute approximate surface area is 208 Å². The summed E-state index contributed by atoms with van der Waals surface area (Å²) in [6.07, 6.45) is 7.11. The van der Waals surface area contributed by atoms with Gasteiger partial charge in [-0.15, -0.1) is 0 Å². The number of ether oxygens (including phenoxy) is 1. The van der Waals surface area contributed by atoms with Crippen LogP contribution in [0.4, 0.5) is 0 Å². The number of piperidine rings is 1. The van der Waals surface area contributed by atoms with Gasteiger partial charge < -0.3 is 20.1 Å². The summed E-state index contributed by atoms with van der Waals surface area (Å²) in [6, 6.07) is 23.7. The number of nitrogens with one attached hydrogen (secondary N) is 1. The highest BCUT2D eigenvalue weighted by molar-refractivity contribution is 5.77. The van der Waals surface area contributed by atoms with Crippen LogP contribution in [0.15, 0.2) is 85.2 Å². The number of rotatable bonds is 11. The third-order valence-electron chi connectivity index (χ3n) is 6.83. The van der Waals surface area contributed by atoms with E-state index in [0.29, 0.717) is 12.3 Å². The molecule has 0 radical (unpaired) electrons. The van der Waals surface area contributed by atoms with Gasteiger partial charge in [-0.1, -0.05) is 60.7 Å². The van der Waals surface area contributed by atoms with E-state index in [4.69, 9.17) is 4.74 Å². The van der Waals surface area contributed by atoms with Crippen molar-refractivity contribution in [2.75, 3.05) is 32.8 Å². The first-order valence-electron chi connectivity index (χ1n) is 12.5. The molecule has 1 aromatic heterocycles. The number of aliphatic hydroxyl groups is 1. The lowest BCUT2D eigenvalue weighted by atomic mass is 9.72. The molecule has 0 aliphatic carbocycles. The first kappa shape index (κ1) is 24.9. The molecule has 6 heteroatoms. The lowest BCUT2D eigenvalue weighted by Gasteiger charge is -2.42. The second-order valence-corrected chi connectivity index (χ2v) is 9.15. The third kappa shape index (κ3) is 6.68. The molecule has 0 unspecified atom stereocenters. The van der Waals surface area contributed by atoms with E-state index in [1.54, 1.807) is 24.5 Å². The van der Waals surface area contributed by atoms with E-state index in [0.717, 1.165) is 56.4 Å². The summed E-state index contributed by atoms with van der Waals surface area (Å²) in [6.45, 7) is 3.60. The van der Waals surface area contributed by atoms with E-state index < -0.39 is 5.60 Å². The number of benzene rings is 2. The van der Waals surface area contributed by atoms with Gasteiger partial charge in [0.05, 0.1) is 6.20 Å². The molecule has 0 saturated carbocycles. The van der Waals surface area contributed by atoms with Crippen LogP contribution in [0, 0.1) is 5.92 Å². The zero-order valence-electron chi connectivity index (χ0n) is 20.2. The van der Waals surface area contributed by atoms with Gasteiger partial charge >= 0.3 is 0 Å². The molecule has 1 saturated heterocycles. The first-order valence-corrected chi connectivity index (χ1v) is 12.5. The molecule has 6 nitrogen and oxygen atoms in total. The number of aromatic nitrogens is 1. The fourth-order valence-electron chi connectivity index (χ4n) is 4.92. The lowest BCUT2D eigenvalue weighted by molar-refractivity contribution is -0.123. The first-order chi connectivity index (χ1) is 17.2. The summed E-state index contributed by atoms with van der Waals surface area (Å²) in [7, 11) is 0. The predicted molar refractivity (Wildman–Crippen MR) is 137 cm³/mol. The predicted octanol–water partition coefficient (Wildman–Crippen LogP) is 4.00. The Bertz CT molecular complexity index is 983. The monoisotopic (exact) mass is 473 g/mol. The molecule has 0 bridgehead atoms. The van der Waals surface area contributed by atoms with E-state index >= 15 is 0 Å². The molecule has 1 fully saturated rings. The largest absolute Gasteiger partial charge is 0.482 e. The summed E-state index contributed by atoms with van der Waals surface area (Å²) >= 11 is 0. The third-order valence-corrected chi connectivity index (χ3v) is 6.83. The fraction of sp³-hybridized carbons (Fsp3) is 0.379. The Balaban J connectivity index is 1.19. The highest BCUT2D eigenvalue weighted by atomic mass is 16.5. The second-order valence-electron chi connectivity index (χ2n) is 9.15. The normalized spacial score (nSPS) is 15.0. The van der Waals surface area contributed by atoms with Crippen molar-refractivity contribution in [2.24, 2.45) is 5.92 Å². The van der Waals surface area contributed by atoms with Crippen molar-refractivity contribution in [3.8, 4) is 5.75 Å². The van der Waals surface area contributed by atoms with E-state index in [1.165, 1.54) is 0 Å². The SMILES string of the molecule is O=C(COc1cccnc1)NCCCCN1CCC(C(O)(c2ccccc2)c2ccccc2)CC1. The van der Waals surface area contributed by atoms with Gasteiger partial charge in [-0.25, -0.2) is 0 Å². The zero-order valence-corrected chi connectivity index (χ0v) is 20.2. The molecule has 4 rings (SSSR count). The number of hydrogen-bond donors (Lipinski definition) is 2. The maximum atomic E-state index is 12.0. The van der Waals surface area contributed by atoms with Crippen LogP contribution in [0.1, 0.15) is 36.8 Å². The summed E-state index contributed by atoms with van der Waals surface area (Å²) in [4.78, 5) is 18.4. The molecular weight excluding hydrogens is 438 g/mol. The summed E-state index contributed by atoms with van der Waals surface area (Å²) in [5, 5.41) is 14.9. The van der Waals surface area contributed by atoms with Crippen LogP contribution >= 0.6 is 0 Å². The van der Waals surface area contributed by atoms with E-state index in [1.807, 2.05) is 60.7 Å². The highest BCUT2D eigenvalue weighted by Crippen LogP contribution is 2.41. The van der Waals surface area contributed by atoms with Crippen molar-refractivity contribution in [1.82, 2.24) is 15.2 Å². The van der Waals surface area contributed by atoms with Gasteiger partial charge in [-0.2, -0.15) is 0 Å². The molecule has 0 atom stereocenters. The Morgan fingerprint density at radius 3 is 2.23 bits per heavy atom. The van der Waals surface area contributed by atoms with E-state index in [9.17, 15) is 9.90 Å². The maximum absolute atomic E-state index is 12.0. The average Bonchev–Trinajstić information content (AvgIpc) is 2.93. The quantitative estimate of drug-likeness (QED) is 0.412. The van der Waals surface area contributed by atoms with Gasteiger partial charge in [-0.3, -0.25) is 9.78 Å². The summed E-state index contributed by atoms with van der Waals surface area (Å²) < 4.78 is 5.42. The van der Waals surface area contributed by atoms with Crippen molar-refractivity contribution < 1.29 is 14.6 Å². The summed E-state index contributed by atoms with van der Waals surface area (Å²) in [5.41, 5.74) is 0.956. The molecule has 2 N–H and O–H groups in total. The van der Waals surface area contributed by atoms with Crippen molar-refractivity contribution in [1.29, 1.82) is 0 Å². The number of carbonyl (C=O) groups excluding carboxylic acids is 1. The van der Waals surface area contributed by atoms with Crippen molar-refractivity contribution in [3.63, 3.8) is 0 Å². The smallest absolute Gasteiger partial charge is 0.257 e. The number of likely N-dealkylation sites (tertiary alicyclic amines) is 1. The molecule has 2 aromatic carbocycles. The number of amides is 1. The molecular formula is C29H35N3O3. The van der Waals surface area contributed by atoms with Crippen LogP contribution < -0.4 is 10.1 Å². The van der Waals surface area contributed by atoms with Crippen LogP contribution in [0.3, 0.4) is 0 Å². The highest BCUT2D eigenvalue weighted by Gasteiger charge is 2.41. The molecule has 1 amide bonds. The van der Waals surface area contributed by atoms with Crippen LogP contribution in [0.2, 0.25) is 0 Å². The number of pyridine rings is 1. The molecule has 2 heterocycles. The van der Waals surface area contributed by atoms with Gasteiger partial charge in [0.2, 0.25) is 0 Å². The lowest BCUT2D eigenvalue weighted by Crippen LogP contribution is -2.44. The molecule has 35 heavy (non-hydrogen) atoms. The number of hydrogen-bond acceptors (Lipinski definition) is 5. The molecule has 1 aliphatic rings. The zero-order chi connectivity index (χ0) is 24.3. The van der Waals surface area contributed by atoms with E-state index in [2.05, 4.69) is 15.2 Å².